The molecule has 0 bridgehead atoms. The molecular formula is C18H21FN4O2. The van der Waals surface area contributed by atoms with Crippen molar-refractivity contribution >= 4 is 11.8 Å². The van der Waals surface area contributed by atoms with Crippen LogP contribution in [-0.4, -0.2) is 40.0 Å². The van der Waals surface area contributed by atoms with Crippen LogP contribution < -0.4 is 5.32 Å². The molecule has 0 atom stereocenters. The molecule has 6 nitrogen and oxygen atoms in total. The van der Waals surface area contributed by atoms with Crippen molar-refractivity contribution in [2.45, 2.75) is 26.3 Å². The smallest absolute Gasteiger partial charge is 0.271 e. The van der Waals surface area contributed by atoms with E-state index >= 15 is 0 Å². The molecule has 2 aromatic rings. The van der Waals surface area contributed by atoms with Crippen molar-refractivity contribution in [1.29, 1.82) is 0 Å². The zero-order chi connectivity index (χ0) is 17.8. The fraction of sp³-hybridized carbons (Fsp3) is 0.389. The molecule has 0 unspecified atom stereocenters. The number of rotatable bonds is 4. The summed E-state index contributed by atoms with van der Waals surface area (Å²) < 4.78 is 13.5. The Labute approximate surface area is 145 Å². The van der Waals surface area contributed by atoms with Crippen LogP contribution in [0.3, 0.4) is 0 Å². The zero-order valence-corrected chi connectivity index (χ0v) is 14.1. The van der Waals surface area contributed by atoms with Gasteiger partial charge in [-0.3, -0.25) is 14.7 Å². The van der Waals surface area contributed by atoms with Crippen molar-refractivity contribution in [2.75, 3.05) is 13.1 Å². The van der Waals surface area contributed by atoms with Gasteiger partial charge in [-0.05, 0) is 43.0 Å². The molecule has 1 aromatic carbocycles. The number of aryl methyl sites for hydroxylation is 1. The maximum atomic E-state index is 13.5. The molecule has 0 radical (unpaired) electrons. The number of hydrogen-bond donors (Lipinski definition) is 2. The number of nitrogens with one attached hydrogen (secondary N) is 2. The number of aromatic amines is 1. The van der Waals surface area contributed by atoms with E-state index in [1.165, 1.54) is 6.07 Å². The van der Waals surface area contributed by atoms with E-state index in [4.69, 9.17) is 0 Å². The van der Waals surface area contributed by atoms with Crippen LogP contribution in [0, 0.1) is 18.7 Å². The van der Waals surface area contributed by atoms with E-state index in [-0.39, 0.29) is 23.5 Å². The molecule has 0 aliphatic carbocycles. The van der Waals surface area contributed by atoms with Crippen molar-refractivity contribution in [2.24, 2.45) is 5.92 Å². The van der Waals surface area contributed by atoms with E-state index in [1.807, 2.05) is 6.07 Å². The quantitative estimate of drug-likeness (QED) is 0.891. The van der Waals surface area contributed by atoms with Gasteiger partial charge < -0.3 is 10.2 Å². The number of nitrogens with zero attached hydrogens (tertiary/aromatic N) is 2. The predicted octanol–water partition coefficient (Wildman–Crippen LogP) is 2.03. The lowest BCUT2D eigenvalue weighted by atomic mass is 9.95. The second kappa shape index (κ2) is 7.46. The maximum Gasteiger partial charge on any atom is 0.271 e. The topological polar surface area (TPSA) is 78.1 Å². The van der Waals surface area contributed by atoms with Gasteiger partial charge in [-0.2, -0.15) is 5.10 Å². The Morgan fingerprint density at radius 3 is 2.72 bits per heavy atom. The molecule has 3 rings (SSSR count). The van der Waals surface area contributed by atoms with Crippen LogP contribution >= 0.6 is 0 Å². The minimum Gasteiger partial charge on any atom is -0.352 e. The average Bonchev–Trinajstić information content (AvgIpc) is 3.16. The van der Waals surface area contributed by atoms with Gasteiger partial charge in [0, 0.05) is 31.7 Å². The van der Waals surface area contributed by atoms with Crippen LogP contribution in [0.4, 0.5) is 4.39 Å². The van der Waals surface area contributed by atoms with Crippen molar-refractivity contribution in [1.82, 2.24) is 20.4 Å². The SMILES string of the molecule is Cc1ccc(CNC(=O)C2CCN(C(=O)c3ccn[nH]3)CC2)cc1F. The molecule has 132 valence electrons. The van der Waals surface area contributed by atoms with Crippen LogP contribution in [0.15, 0.2) is 30.5 Å². The first kappa shape index (κ1) is 17.1. The summed E-state index contributed by atoms with van der Waals surface area (Å²) >= 11 is 0. The van der Waals surface area contributed by atoms with Crippen LogP contribution in [0.5, 0.6) is 0 Å². The number of carbonyl (C=O) groups excluding carboxylic acids is 2. The van der Waals surface area contributed by atoms with E-state index in [2.05, 4.69) is 15.5 Å². The molecule has 1 aromatic heterocycles. The molecule has 7 heteroatoms. The van der Waals surface area contributed by atoms with E-state index in [9.17, 15) is 14.0 Å². The summed E-state index contributed by atoms with van der Waals surface area (Å²) in [5, 5.41) is 9.31. The van der Waals surface area contributed by atoms with Gasteiger partial charge in [-0.1, -0.05) is 12.1 Å². The Kier molecular flexibility index (Phi) is 5.11. The predicted molar refractivity (Wildman–Crippen MR) is 90.2 cm³/mol. The van der Waals surface area contributed by atoms with Gasteiger partial charge in [0.1, 0.15) is 11.5 Å². The summed E-state index contributed by atoms with van der Waals surface area (Å²) in [5.41, 5.74) is 1.79. The Bertz CT molecular complexity index is 752. The Balaban J connectivity index is 1.48. The summed E-state index contributed by atoms with van der Waals surface area (Å²) in [6.45, 7) is 3.09. The van der Waals surface area contributed by atoms with E-state index in [0.717, 1.165) is 5.56 Å². The van der Waals surface area contributed by atoms with Crippen molar-refractivity contribution in [3.05, 3.63) is 53.1 Å². The first-order valence-electron chi connectivity index (χ1n) is 8.36. The van der Waals surface area contributed by atoms with Crippen molar-refractivity contribution in [3.63, 3.8) is 0 Å². The van der Waals surface area contributed by atoms with Gasteiger partial charge in [-0.25, -0.2) is 4.39 Å². The molecule has 1 aliphatic heterocycles. The third-order valence-electron chi connectivity index (χ3n) is 4.59. The molecule has 0 spiro atoms. The first-order chi connectivity index (χ1) is 12.0. The lowest BCUT2D eigenvalue weighted by Gasteiger charge is -2.31. The molecule has 25 heavy (non-hydrogen) atoms. The number of likely N-dealkylation sites (tertiary alicyclic amines) is 1. The standard InChI is InChI=1S/C18H21FN4O2/c1-12-2-3-13(10-15(12)19)11-20-17(24)14-5-8-23(9-6-14)18(25)16-4-7-21-22-16/h2-4,7,10,14H,5-6,8-9,11H2,1H3,(H,20,24)(H,21,22). The number of hydrogen-bond acceptors (Lipinski definition) is 3. The highest BCUT2D eigenvalue weighted by Gasteiger charge is 2.28. The summed E-state index contributed by atoms with van der Waals surface area (Å²) in [6.07, 6.45) is 2.78. The van der Waals surface area contributed by atoms with Crippen LogP contribution in [0.25, 0.3) is 0 Å². The lowest BCUT2D eigenvalue weighted by molar-refractivity contribution is -0.126. The number of aromatic nitrogens is 2. The largest absolute Gasteiger partial charge is 0.352 e. The number of carbonyl (C=O) groups is 2. The van der Waals surface area contributed by atoms with Crippen LogP contribution in [-0.2, 0) is 11.3 Å². The second-order valence-electron chi connectivity index (χ2n) is 6.34. The normalized spacial score (nSPS) is 15.2. The average molecular weight is 344 g/mol. The van der Waals surface area contributed by atoms with Gasteiger partial charge in [0.2, 0.25) is 5.91 Å². The van der Waals surface area contributed by atoms with Gasteiger partial charge in [-0.15, -0.1) is 0 Å². The summed E-state index contributed by atoms with van der Waals surface area (Å²) in [6, 6.07) is 6.60. The maximum absolute atomic E-state index is 13.5. The minimum absolute atomic E-state index is 0.0466. The summed E-state index contributed by atoms with van der Waals surface area (Å²) in [5.74, 6) is -0.528. The van der Waals surface area contributed by atoms with Crippen molar-refractivity contribution in [3.8, 4) is 0 Å². The molecule has 2 N–H and O–H groups in total. The Morgan fingerprint density at radius 1 is 1.32 bits per heavy atom. The number of halogens is 1. The molecule has 2 heterocycles. The van der Waals surface area contributed by atoms with Gasteiger partial charge >= 0.3 is 0 Å². The van der Waals surface area contributed by atoms with E-state index < -0.39 is 0 Å². The highest BCUT2D eigenvalue weighted by atomic mass is 19.1. The second-order valence-corrected chi connectivity index (χ2v) is 6.34. The zero-order valence-electron chi connectivity index (χ0n) is 14.1. The number of amides is 2. The molecular weight excluding hydrogens is 323 g/mol. The van der Waals surface area contributed by atoms with E-state index in [1.54, 1.807) is 30.2 Å². The van der Waals surface area contributed by atoms with Crippen molar-refractivity contribution < 1.29 is 14.0 Å². The highest BCUT2D eigenvalue weighted by Crippen LogP contribution is 2.19. The Hall–Kier alpha value is -2.70. The molecule has 1 fully saturated rings. The summed E-state index contributed by atoms with van der Waals surface area (Å²) in [7, 11) is 0. The third-order valence-corrected chi connectivity index (χ3v) is 4.59. The fourth-order valence-electron chi connectivity index (χ4n) is 2.97. The molecule has 1 saturated heterocycles. The van der Waals surface area contributed by atoms with Gasteiger partial charge in [0.25, 0.3) is 5.91 Å². The number of H-pyrrole nitrogens is 1. The third kappa shape index (κ3) is 4.04. The molecule has 2 amide bonds. The minimum atomic E-state index is -0.266. The molecule has 0 saturated carbocycles. The summed E-state index contributed by atoms with van der Waals surface area (Å²) in [4.78, 5) is 26.3. The van der Waals surface area contributed by atoms with Gasteiger partial charge in [0.15, 0.2) is 0 Å². The highest BCUT2D eigenvalue weighted by molar-refractivity contribution is 5.92. The van der Waals surface area contributed by atoms with Gasteiger partial charge in [0.05, 0.1) is 0 Å². The first-order valence-corrected chi connectivity index (χ1v) is 8.36. The van der Waals surface area contributed by atoms with E-state index in [0.29, 0.717) is 43.7 Å². The number of benzene rings is 1. The lowest BCUT2D eigenvalue weighted by Crippen LogP contribution is -2.43. The monoisotopic (exact) mass is 344 g/mol. The molecule has 1 aliphatic rings. The fourth-order valence-corrected chi connectivity index (χ4v) is 2.97. The number of piperidine rings is 1. The van der Waals surface area contributed by atoms with Crippen LogP contribution in [0.1, 0.15) is 34.5 Å². The van der Waals surface area contributed by atoms with Crippen LogP contribution in [0.2, 0.25) is 0 Å². The Morgan fingerprint density at radius 2 is 2.08 bits per heavy atom.